The summed E-state index contributed by atoms with van der Waals surface area (Å²) in [6, 6.07) is 26.2. The van der Waals surface area contributed by atoms with E-state index in [1.165, 1.54) is 18.2 Å². The first-order valence-corrected chi connectivity index (χ1v) is 13.5. The van der Waals surface area contributed by atoms with E-state index in [-0.39, 0.29) is 30.8 Å². The number of hydrogen-bond acceptors (Lipinski definition) is 7. The molecule has 0 spiro atoms. The first kappa shape index (κ1) is 26.6. The van der Waals surface area contributed by atoms with Crippen molar-refractivity contribution in [3.8, 4) is 28.5 Å². The number of alkyl halides is 3. The van der Waals surface area contributed by atoms with E-state index in [0.29, 0.717) is 33.9 Å². The van der Waals surface area contributed by atoms with E-state index in [2.05, 4.69) is 20.3 Å². The van der Waals surface area contributed by atoms with Gasteiger partial charge in [0, 0.05) is 28.8 Å². The van der Waals surface area contributed by atoms with Crippen molar-refractivity contribution in [3.05, 3.63) is 109 Å². The second-order valence-electron chi connectivity index (χ2n) is 10.3. The third-order valence-corrected chi connectivity index (χ3v) is 7.49. The van der Waals surface area contributed by atoms with Gasteiger partial charge in [-0.1, -0.05) is 42.5 Å². The van der Waals surface area contributed by atoms with Gasteiger partial charge in [-0.15, -0.1) is 10.2 Å². The van der Waals surface area contributed by atoms with E-state index in [4.69, 9.17) is 9.47 Å². The van der Waals surface area contributed by atoms with E-state index in [1.54, 1.807) is 41.0 Å². The monoisotopic (exact) mass is 581 g/mol. The highest BCUT2D eigenvalue weighted by atomic mass is 19.4. The predicted molar refractivity (Wildman–Crippen MR) is 151 cm³/mol. The smallest absolute Gasteiger partial charge is 0.401 e. The number of carbonyl (C=O) groups is 1. The number of ketones is 1. The summed E-state index contributed by atoms with van der Waals surface area (Å²) >= 11 is 0. The molecule has 0 atom stereocenters. The number of pyridine rings is 1. The molecule has 1 aliphatic rings. The maximum Gasteiger partial charge on any atom is 0.401 e. The molecule has 0 aliphatic heterocycles. The Morgan fingerprint density at radius 1 is 0.884 bits per heavy atom. The average Bonchev–Trinajstić information content (AvgIpc) is 3.75. The molecule has 0 N–H and O–H groups in total. The van der Waals surface area contributed by atoms with E-state index in [9.17, 15) is 18.0 Å². The molecule has 0 saturated heterocycles. The van der Waals surface area contributed by atoms with Crippen LogP contribution >= 0.6 is 0 Å². The summed E-state index contributed by atoms with van der Waals surface area (Å²) in [7, 11) is 0. The average molecular weight is 582 g/mol. The Kier molecular flexibility index (Phi) is 6.30. The van der Waals surface area contributed by atoms with Crippen LogP contribution < -0.4 is 9.47 Å². The van der Waals surface area contributed by atoms with Gasteiger partial charge in [0.05, 0.1) is 11.2 Å². The highest BCUT2D eigenvalue weighted by molar-refractivity contribution is 6.03. The molecule has 0 amide bonds. The van der Waals surface area contributed by atoms with Crippen LogP contribution in [0.25, 0.3) is 27.8 Å². The normalized spacial score (nSPS) is 14.1. The fourth-order valence-corrected chi connectivity index (χ4v) is 5.00. The van der Waals surface area contributed by atoms with Gasteiger partial charge in [-0.3, -0.25) is 9.78 Å². The fourth-order valence-electron chi connectivity index (χ4n) is 5.00. The van der Waals surface area contributed by atoms with Crippen molar-refractivity contribution in [1.29, 1.82) is 0 Å². The fraction of sp³-hybridized carbons (Fsp3) is 0.156. The van der Waals surface area contributed by atoms with Crippen LogP contribution in [-0.4, -0.2) is 36.8 Å². The summed E-state index contributed by atoms with van der Waals surface area (Å²) in [5.41, 5.74) is 0.595. The van der Waals surface area contributed by atoms with Crippen LogP contribution in [0, 0.1) is 5.41 Å². The summed E-state index contributed by atoms with van der Waals surface area (Å²) in [6.07, 6.45) is -3.37. The Balaban J connectivity index is 1.09. The minimum atomic E-state index is -4.58. The highest BCUT2D eigenvalue weighted by Crippen LogP contribution is 2.59. The molecular weight excluding hydrogens is 559 g/mol. The highest BCUT2D eigenvalue weighted by Gasteiger charge is 2.68. The van der Waals surface area contributed by atoms with Crippen LogP contribution in [0.15, 0.2) is 97.2 Å². The topological polar surface area (TPSA) is 91.5 Å². The maximum absolute atomic E-state index is 13.5. The van der Waals surface area contributed by atoms with Crippen molar-refractivity contribution < 1.29 is 27.4 Å². The van der Waals surface area contributed by atoms with E-state index in [0.717, 1.165) is 11.3 Å². The van der Waals surface area contributed by atoms with Gasteiger partial charge in [-0.05, 0) is 55.3 Å². The molecule has 8 nitrogen and oxygen atoms in total. The van der Waals surface area contributed by atoms with Crippen molar-refractivity contribution in [3.63, 3.8) is 0 Å². The quantitative estimate of drug-likeness (QED) is 0.175. The Hall–Kier alpha value is -5.32. The first-order chi connectivity index (χ1) is 20.8. The molecule has 3 heterocycles. The zero-order chi connectivity index (χ0) is 29.6. The van der Waals surface area contributed by atoms with Gasteiger partial charge in [0.25, 0.3) is 0 Å². The van der Waals surface area contributed by atoms with Gasteiger partial charge in [-0.2, -0.15) is 22.8 Å². The minimum absolute atomic E-state index is 0.0340. The molecule has 0 bridgehead atoms. The largest absolute Gasteiger partial charge is 0.485 e. The summed E-state index contributed by atoms with van der Waals surface area (Å²) in [5, 5.41) is 13.8. The number of carbonyl (C=O) groups excluding carboxylic acids is 1. The summed E-state index contributed by atoms with van der Waals surface area (Å²) in [4.78, 5) is 17.1. The summed E-state index contributed by atoms with van der Waals surface area (Å²) < 4.78 is 54.1. The van der Waals surface area contributed by atoms with Crippen LogP contribution in [0.5, 0.6) is 17.2 Å². The van der Waals surface area contributed by atoms with E-state index < -0.39 is 17.4 Å². The second-order valence-corrected chi connectivity index (χ2v) is 10.3. The van der Waals surface area contributed by atoms with Gasteiger partial charge in [0.2, 0.25) is 0 Å². The van der Waals surface area contributed by atoms with Crippen LogP contribution in [0.1, 0.15) is 29.0 Å². The molecule has 1 aliphatic carbocycles. The molecule has 7 rings (SSSR count). The predicted octanol–water partition coefficient (Wildman–Crippen LogP) is 7.24. The summed E-state index contributed by atoms with van der Waals surface area (Å²) in [5.74, 6) is 0.795. The minimum Gasteiger partial charge on any atom is -0.485 e. The lowest BCUT2D eigenvalue weighted by molar-refractivity contribution is -0.171. The van der Waals surface area contributed by atoms with Crippen molar-refractivity contribution in [2.45, 2.75) is 25.6 Å². The molecule has 3 aromatic heterocycles. The van der Waals surface area contributed by atoms with E-state index in [1.807, 2.05) is 42.5 Å². The molecule has 6 aromatic rings. The number of hydrogen-bond donors (Lipinski definition) is 0. The van der Waals surface area contributed by atoms with Gasteiger partial charge < -0.3 is 9.47 Å². The Morgan fingerprint density at radius 3 is 2.49 bits per heavy atom. The zero-order valence-electron chi connectivity index (χ0n) is 22.5. The summed E-state index contributed by atoms with van der Waals surface area (Å²) in [6.45, 7) is 0.101. The maximum atomic E-state index is 13.5. The Morgan fingerprint density at radius 2 is 1.70 bits per heavy atom. The number of nitrogens with zero attached hydrogens (tertiary/aromatic N) is 5. The van der Waals surface area contributed by atoms with Crippen LogP contribution in [0.3, 0.4) is 0 Å². The number of ether oxygens (including phenoxy) is 2. The first-order valence-electron chi connectivity index (χ1n) is 13.5. The van der Waals surface area contributed by atoms with Crippen LogP contribution in [-0.2, 0) is 6.61 Å². The number of fused-ring (bicyclic) bond motifs is 2. The van der Waals surface area contributed by atoms with Gasteiger partial charge in [0.15, 0.2) is 17.3 Å². The molecular formula is C32H22F3N5O3. The Bertz CT molecular complexity index is 1990. The number of halogens is 3. The number of benzene rings is 3. The molecule has 1 fully saturated rings. The molecule has 3 aromatic carbocycles. The molecule has 0 unspecified atom stereocenters. The third kappa shape index (κ3) is 4.92. The van der Waals surface area contributed by atoms with Crippen molar-refractivity contribution in [2.75, 3.05) is 0 Å². The zero-order valence-corrected chi connectivity index (χ0v) is 22.5. The lowest BCUT2D eigenvalue weighted by Gasteiger charge is -2.18. The molecule has 43 heavy (non-hydrogen) atoms. The number of aromatic nitrogens is 5. The molecule has 11 heteroatoms. The van der Waals surface area contributed by atoms with Gasteiger partial charge >= 0.3 is 6.18 Å². The lowest BCUT2D eigenvalue weighted by atomic mass is 9.94. The van der Waals surface area contributed by atoms with Crippen molar-refractivity contribution in [1.82, 2.24) is 24.8 Å². The standard InChI is InChI=1S/C32H22F3N5O3/c33-32(34,35)31(14-15-31)30(41)21-7-4-8-22(17-21)43-23-9-10-24-26(18-23)36-16-13-27(24)42-19-29-38-37-28-12-11-25(39-40(28)29)20-5-2-1-3-6-20/h1-13,16-18H,14-15,19H2. The third-order valence-electron chi connectivity index (χ3n) is 7.49. The van der Waals surface area contributed by atoms with Gasteiger partial charge in [0.1, 0.15) is 29.3 Å². The molecule has 1 saturated carbocycles. The molecule has 214 valence electrons. The van der Waals surface area contributed by atoms with Crippen molar-refractivity contribution in [2.24, 2.45) is 5.41 Å². The van der Waals surface area contributed by atoms with Crippen LogP contribution in [0.4, 0.5) is 13.2 Å². The van der Waals surface area contributed by atoms with Crippen molar-refractivity contribution >= 4 is 22.3 Å². The van der Waals surface area contributed by atoms with Gasteiger partial charge in [-0.25, -0.2) is 0 Å². The molecule has 0 radical (unpaired) electrons. The Labute approximate surface area is 242 Å². The number of Topliss-reactive ketones (excluding diaryl/α,β-unsaturated/α-hetero) is 1. The van der Waals surface area contributed by atoms with Crippen LogP contribution in [0.2, 0.25) is 0 Å². The second kappa shape index (κ2) is 10.2. The SMILES string of the molecule is O=C(c1cccc(Oc2ccc3c(OCc4nnc5ccc(-c6ccccc6)nn45)ccnc3c2)c1)C1(C(F)(F)F)CC1. The van der Waals surface area contributed by atoms with E-state index >= 15 is 0 Å². The lowest BCUT2D eigenvalue weighted by Crippen LogP contribution is -2.32. The number of rotatable bonds is 8.